The zero-order valence-electron chi connectivity index (χ0n) is 10.4. The predicted octanol–water partition coefficient (Wildman–Crippen LogP) is 3.49. The van der Waals surface area contributed by atoms with Crippen LogP contribution in [0, 0.1) is 11.3 Å². The minimum atomic E-state index is 0.186. The molecule has 0 spiro atoms. The van der Waals surface area contributed by atoms with Gasteiger partial charge < -0.3 is 0 Å². The molecule has 0 saturated heterocycles. The summed E-state index contributed by atoms with van der Waals surface area (Å²) in [5.74, 6) is 0.186. The number of benzene rings is 1. The summed E-state index contributed by atoms with van der Waals surface area (Å²) >= 11 is 5.93. The van der Waals surface area contributed by atoms with Gasteiger partial charge in [-0.3, -0.25) is 4.68 Å². The first-order valence-electron chi connectivity index (χ1n) is 5.83. The van der Waals surface area contributed by atoms with Crippen LogP contribution in [0.15, 0.2) is 30.6 Å². The van der Waals surface area contributed by atoms with E-state index in [4.69, 9.17) is 11.6 Å². The second-order valence-electron chi connectivity index (χ2n) is 4.25. The molecule has 1 heterocycles. The second-order valence-corrected chi connectivity index (χ2v) is 4.69. The van der Waals surface area contributed by atoms with Gasteiger partial charge in [-0.25, -0.2) is 0 Å². The Morgan fingerprint density at radius 3 is 2.83 bits per heavy atom. The fourth-order valence-electron chi connectivity index (χ4n) is 2.18. The summed E-state index contributed by atoms with van der Waals surface area (Å²) in [4.78, 5) is 0. The molecule has 0 amide bonds. The molecule has 18 heavy (non-hydrogen) atoms. The van der Waals surface area contributed by atoms with Crippen LogP contribution in [-0.2, 0) is 7.05 Å². The molecule has 0 aliphatic rings. The molecule has 1 atom stereocenters. The van der Waals surface area contributed by atoms with Crippen molar-refractivity contribution in [2.24, 2.45) is 7.05 Å². The topological polar surface area (TPSA) is 41.6 Å². The van der Waals surface area contributed by atoms with Gasteiger partial charge >= 0.3 is 0 Å². The molecule has 0 N–H and O–H groups in total. The highest BCUT2D eigenvalue weighted by Gasteiger charge is 2.17. The third-order valence-corrected chi connectivity index (χ3v) is 3.28. The Kier molecular flexibility index (Phi) is 3.69. The summed E-state index contributed by atoms with van der Waals surface area (Å²) < 4.78 is 1.78. The number of aryl methyl sites for hydroxylation is 1. The fraction of sp³-hybridized carbons (Fsp3) is 0.286. The van der Waals surface area contributed by atoms with Gasteiger partial charge in [-0.05, 0) is 29.7 Å². The van der Waals surface area contributed by atoms with E-state index in [0.29, 0.717) is 10.6 Å². The van der Waals surface area contributed by atoms with Crippen molar-refractivity contribution in [3.8, 4) is 6.07 Å². The van der Waals surface area contributed by atoms with Crippen molar-refractivity contribution in [3.05, 3.63) is 52.3 Å². The molecular formula is C14H14ClN3. The van der Waals surface area contributed by atoms with Crippen molar-refractivity contribution < 1.29 is 0 Å². The molecule has 1 aromatic carbocycles. The highest BCUT2D eigenvalue weighted by Crippen LogP contribution is 2.31. The average molecular weight is 260 g/mol. The van der Waals surface area contributed by atoms with Gasteiger partial charge in [0.25, 0.3) is 0 Å². The first-order chi connectivity index (χ1) is 8.65. The van der Waals surface area contributed by atoms with Crippen LogP contribution in [0.5, 0.6) is 0 Å². The Morgan fingerprint density at radius 1 is 1.50 bits per heavy atom. The van der Waals surface area contributed by atoms with Gasteiger partial charge in [0, 0.05) is 24.2 Å². The van der Waals surface area contributed by atoms with Crippen molar-refractivity contribution in [1.82, 2.24) is 9.78 Å². The number of hydrogen-bond acceptors (Lipinski definition) is 2. The molecule has 0 saturated carbocycles. The van der Waals surface area contributed by atoms with Crippen molar-refractivity contribution in [1.29, 1.82) is 5.26 Å². The largest absolute Gasteiger partial charge is 0.276 e. The third-order valence-electron chi connectivity index (χ3n) is 3.05. The maximum absolute atomic E-state index is 9.21. The zero-order chi connectivity index (χ0) is 13.1. The summed E-state index contributed by atoms with van der Waals surface area (Å²) in [6.07, 6.45) is 4.76. The van der Waals surface area contributed by atoms with E-state index in [1.165, 1.54) is 0 Å². The highest BCUT2D eigenvalue weighted by atomic mass is 35.5. The van der Waals surface area contributed by atoms with Crippen LogP contribution in [0.2, 0.25) is 5.02 Å². The van der Waals surface area contributed by atoms with Gasteiger partial charge in [-0.2, -0.15) is 10.4 Å². The third kappa shape index (κ3) is 2.39. The van der Waals surface area contributed by atoms with Crippen molar-refractivity contribution >= 4 is 11.6 Å². The summed E-state index contributed by atoms with van der Waals surface area (Å²) in [7, 11) is 1.89. The van der Waals surface area contributed by atoms with E-state index < -0.39 is 0 Å². The lowest BCUT2D eigenvalue weighted by atomic mass is 9.88. The Labute approximate surface area is 112 Å². The van der Waals surface area contributed by atoms with E-state index >= 15 is 0 Å². The van der Waals surface area contributed by atoms with Gasteiger partial charge in [0.1, 0.15) is 0 Å². The van der Waals surface area contributed by atoms with Crippen LogP contribution in [0.25, 0.3) is 0 Å². The minimum absolute atomic E-state index is 0.186. The molecule has 4 heteroatoms. The van der Waals surface area contributed by atoms with Gasteiger partial charge in [0.2, 0.25) is 0 Å². The molecule has 0 fully saturated rings. The molecule has 0 aliphatic carbocycles. The molecule has 3 nitrogen and oxygen atoms in total. The van der Waals surface area contributed by atoms with E-state index in [-0.39, 0.29) is 5.92 Å². The SMILES string of the molecule is CC[C@@H](c1cnn(C)c1)c1ccc(Cl)cc1C#N. The zero-order valence-corrected chi connectivity index (χ0v) is 11.1. The lowest BCUT2D eigenvalue weighted by molar-refractivity contribution is 0.755. The fourth-order valence-corrected chi connectivity index (χ4v) is 2.36. The smallest absolute Gasteiger partial charge is 0.0995 e. The maximum atomic E-state index is 9.21. The van der Waals surface area contributed by atoms with E-state index in [1.807, 2.05) is 31.6 Å². The van der Waals surface area contributed by atoms with E-state index in [9.17, 15) is 5.26 Å². The Balaban J connectivity index is 2.49. The summed E-state index contributed by atoms with van der Waals surface area (Å²) in [6, 6.07) is 7.70. The molecule has 1 aromatic heterocycles. The molecule has 2 aromatic rings. The maximum Gasteiger partial charge on any atom is 0.0995 e. The van der Waals surface area contributed by atoms with Crippen LogP contribution in [0.3, 0.4) is 0 Å². The number of halogens is 1. The van der Waals surface area contributed by atoms with Crippen molar-refractivity contribution in [3.63, 3.8) is 0 Å². The highest BCUT2D eigenvalue weighted by molar-refractivity contribution is 6.30. The Morgan fingerprint density at radius 2 is 2.28 bits per heavy atom. The van der Waals surface area contributed by atoms with Gasteiger partial charge in [-0.15, -0.1) is 0 Å². The number of rotatable bonds is 3. The Bertz CT molecular complexity index is 595. The minimum Gasteiger partial charge on any atom is -0.276 e. The molecule has 0 unspecified atom stereocenters. The van der Waals surface area contributed by atoms with Crippen LogP contribution < -0.4 is 0 Å². The van der Waals surface area contributed by atoms with E-state index in [2.05, 4.69) is 18.1 Å². The monoisotopic (exact) mass is 259 g/mol. The van der Waals surface area contributed by atoms with Gasteiger partial charge in [0.05, 0.1) is 17.8 Å². The molecule has 0 bridgehead atoms. The molecule has 0 aliphatic heterocycles. The number of hydrogen-bond donors (Lipinski definition) is 0. The van der Waals surface area contributed by atoms with Crippen LogP contribution in [-0.4, -0.2) is 9.78 Å². The van der Waals surface area contributed by atoms with Crippen molar-refractivity contribution in [2.75, 3.05) is 0 Å². The standard InChI is InChI=1S/C14H14ClN3/c1-3-13(11-8-17-18(2)9-11)14-5-4-12(15)6-10(14)7-16/h4-6,8-9,13H,3H2,1-2H3/t13-/m0/s1. The second kappa shape index (κ2) is 5.24. The van der Waals surface area contributed by atoms with Crippen LogP contribution in [0.4, 0.5) is 0 Å². The first kappa shape index (κ1) is 12.7. The first-order valence-corrected chi connectivity index (χ1v) is 6.21. The summed E-state index contributed by atoms with van der Waals surface area (Å²) in [5.41, 5.74) is 2.77. The number of nitriles is 1. The van der Waals surface area contributed by atoms with E-state index in [1.54, 1.807) is 10.7 Å². The van der Waals surface area contributed by atoms with Crippen molar-refractivity contribution in [2.45, 2.75) is 19.3 Å². The predicted molar refractivity (Wildman–Crippen MR) is 71.5 cm³/mol. The number of nitrogens with zero attached hydrogens (tertiary/aromatic N) is 3. The molecule has 2 rings (SSSR count). The summed E-state index contributed by atoms with van der Waals surface area (Å²) in [5, 5.41) is 14.0. The quantitative estimate of drug-likeness (QED) is 0.847. The molecule has 0 radical (unpaired) electrons. The normalized spacial score (nSPS) is 12.1. The summed E-state index contributed by atoms with van der Waals surface area (Å²) in [6.45, 7) is 2.10. The number of aromatic nitrogens is 2. The molecular weight excluding hydrogens is 246 g/mol. The van der Waals surface area contributed by atoms with E-state index in [0.717, 1.165) is 17.5 Å². The average Bonchev–Trinajstić information content (AvgIpc) is 2.78. The molecule has 92 valence electrons. The van der Waals surface area contributed by atoms with Gasteiger partial charge in [-0.1, -0.05) is 24.6 Å². The lowest BCUT2D eigenvalue weighted by Gasteiger charge is -2.15. The van der Waals surface area contributed by atoms with Crippen LogP contribution >= 0.6 is 11.6 Å². The Hall–Kier alpha value is -1.79. The van der Waals surface area contributed by atoms with Gasteiger partial charge in [0.15, 0.2) is 0 Å². The lowest BCUT2D eigenvalue weighted by Crippen LogP contribution is -2.01. The van der Waals surface area contributed by atoms with Crippen LogP contribution in [0.1, 0.15) is 36.0 Å².